The van der Waals surface area contributed by atoms with Crippen molar-refractivity contribution in [2.24, 2.45) is 0 Å². The van der Waals surface area contributed by atoms with Crippen molar-refractivity contribution in [1.82, 2.24) is 9.62 Å². The average molecular weight is 367 g/mol. The Bertz CT molecular complexity index is 886. The maximum absolute atomic E-state index is 12.0. The number of carbonyl (C=O) groups is 1. The zero-order valence-electron chi connectivity index (χ0n) is 13.8. The Labute approximate surface area is 144 Å². The zero-order chi connectivity index (χ0) is 18.8. The Morgan fingerprint density at radius 2 is 1.80 bits per heavy atom. The second kappa shape index (κ2) is 7.03. The third kappa shape index (κ3) is 4.03. The molecular formula is C15H17N3O6S. The lowest BCUT2D eigenvalue weighted by atomic mass is 10.1. The lowest BCUT2D eigenvalue weighted by Gasteiger charge is -2.15. The Balaban J connectivity index is 2.11. The Morgan fingerprint density at radius 1 is 1.20 bits per heavy atom. The first-order chi connectivity index (χ1) is 11.6. The Morgan fingerprint density at radius 3 is 2.28 bits per heavy atom. The van der Waals surface area contributed by atoms with Gasteiger partial charge < -0.3 is 9.73 Å². The van der Waals surface area contributed by atoms with E-state index in [1.807, 2.05) is 0 Å². The van der Waals surface area contributed by atoms with E-state index in [9.17, 15) is 23.3 Å². The van der Waals surface area contributed by atoms with Crippen LogP contribution in [0.15, 0.2) is 45.7 Å². The molecule has 1 heterocycles. The number of amides is 1. The lowest BCUT2D eigenvalue weighted by molar-refractivity contribution is -0.402. The maximum Gasteiger partial charge on any atom is 0.433 e. The number of hydrogen-bond acceptors (Lipinski definition) is 6. The molecule has 0 radical (unpaired) electrons. The van der Waals surface area contributed by atoms with Crippen molar-refractivity contribution in [3.63, 3.8) is 0 Å². The van der Waals surface area contributed by atoms with Crippen molar-refractivity contribution in [1.29, 1.82) is 0 Å². The molecule has 0 saturated carbocycles. The fraction of sp³-hybridized carbons (Fsp3) is 0.267. The van der Waals surface area contributed by atoms with Gasteiger partial charge >= 0.3 is 5.88 Å². The summed E-state index contributed by atoms with van der Waals surface area (Å²) in [4.78, 5) is 22.0. The van der Waals surface area contributed by atoms with Crippen LogP contribution < -0.4 is 5.32 Å². The molecular weight excluding hydrogens is 350 g/mol. The van der Waals surface area contributed by atoms with Gasteiger partial charge in [0.15, 0.2) is 5.76 Å². The summed E-state index contributed by atoms with van der Waals surface area (Å²) in [5.41, 5.74) is 0.673. The van der Waals surface area contributed by atoms with Crippen LogP contribution in [0, 0.1) is 10.1 Å². The molecule has 2 rings (SSSR count). The van der Waals surface area contributed by atoms with Gasteiger partial charge in [0.2, 0.25) is 10.0 Å². The summed E-state index contributed by atoms with van der Waals surface area (Å²) in [5, 5.41) is 13.2. The molecule has 1 unspecified atom stereocenters. The topological polar surface area (TPSA) is 123 Å². The second-order valence-electron chi connectivity index (χ2n) is 5.45. The van der Waals surface area contributed by atoms with Crippen molar-refractivity contribution in [3.8, 4) is 0 Å². The largest absolute Gasteiger partial charge is 0.433 e. The highest BCUT2D eigenvalue weighted by molar-refractivity contribution is 7.89. The van der Waals surface area contributed by atoms with Crippen LogP contribution >= 0.6 is 0 Å². The van der Waals surface area contributed by atoms with Crippen molar-refractivity contribution in [3.05, 3.63) is 57.8 Å². The number of hydrogen-bond donors (Lipinski definition) is 1. The van der Waals surface area contributed by atoms with Gasteiger partial charge in [-0.05, 0) is 30.7 Å². The lowest BCUT2D eigenvalue weighted by Crippen LogP contribution is -2.26. The standard InChI is InChI=1S/C15H17N3O6S/c1-10(16-15(19)13-8-9-14(24-13)18(20)21)11-4-6-12(7-5-11)25(22,23)17(2)3/h4-10H,1-3H3,(H,16,19). The molecule has 10 heteroatoms. The van der Waals surface area contributed by atoms with Crippen LogP contribution in [0.25, 0.3) is 0 Å². The van der Waals surface area contributed by atoms with E-state index in [0.29, 0.717) is 5.56 Å². The van der Waals surface area contributed by atoms with Crippen LogP contribution in [0.5, 0.6) is 0 Å². The van der Waals surface area contributed by atoms with Crippen molar-refractivity contribution < 1.29 is 22.6 Å². The number of nitro groups is 1. The molecule has 0 aliphatic carbocycles. The van der Waals surface area contributed by atoms with E-state index in [0.717, 1.165) is 10.4 Å². The third-order valence-corrected chi connectivity index (χ3v) is 5.33. The van der Waals surface area contributed by atoms with E-state index >= 15 is 0 Å². The number of benzene rings is 1. The first-order valence-electron chi connectivity index (χ1n) is 7.20. The highest BCUT2D eigenvalue weighted by atomic mass is 32.2. The van der Waals surface area contributed by atoms with Gasteiger partial charge in [-0.25, -0.2) is 12.7 Å². The smallest absolute Gasteiger partial charge is 0.395 e. The van der Waals surface area contributed by atoms with E-state index in [-0.39, 0.29) is 10.7 Å². The molecule has 1 aromatic carbocycles. The number of carbonyl (C=O) groups excluding carboxylic acids is 1. The number of nitrogens with zero attached hydrogens (tertiary/aromatic N) is 2. The SMILES string of the molecule is CC(NC(=O)c1ccc([N+](=O)[O-])o1)c1ccc(S(=O)(=O)N(C)C)cc1. The number of sulfonamides is 1. The molecule has 1 aromatic heterocycles. The summed E-state index contributed by atoms with van der Waals surface area (Å²) in [5.74, 6) is -1.30. The van der Waals surface area contributed by atoms with Gasteiger partial charge in [-0.3, -0.25) is 14.9 Å². The van der Waals surface area contributed by atoms with Crippen LogP contribution in [0.4, 0.5) is 5.88 Å². The molecule has 25 heavy (non-hydrogen) atoms. The first kappa shape index (κ1) is 18.6. The second-order valence-corrected chi connectivity index (χ2v) is 7.60. The van der Waals surface area contributed by atoms with Gasteiger partial charge in [0.05, 0.1) is 17.0 Å². The minimum Gasteiger partial charge on any atom is -0.395 e. The van der Waals surface area contributed by atoms with E-state index in [2.05, 4.69) is 5.32 Å². The quantitative estimate of drug-likeness (QED) is 0.615. The van der Waals surface area contributed by atoms with Gasteiger partial charge in [0, 0.05) is 14.1 Å². The summed E-state index contributed by atoms with van der Waals surface area (Å²) in [6.45, 7) is 1.70. The van der Waals surface area contributed by atoms with Gasteiger partial charge in [0.25, 0.3) is 5.91 Å². The van der Waals surface area contributed by atoms with Crippen molar-refractivity contribution in [2.75, 3.05) is 14.1 Å². The van der Waals surface area contributed by atoms with Crippen LogP contribution in [-0.2, 0) is 10.0 Å². The molecule has 1 amide bonds. The van der Waals surface area contributed by atoms with Crippen LogP contribution in [0.2, 0.25) is 0 Å². The fourth-order valence-electron chi connectivity index (χ4n) is 2.04. The van der Waals surface area contributed by atoms with Crippen LogP contribution in [0.1, 0.15) is 29.1 Å². The summed E-state index contributed by atoms with van der Waals surface area (Å²) in [6, 6.07) is 7.94. The van der Waals surface area contributed by atoms with E-state index in [4.69, 9.17) is 4.42 Å². The molecule has 134 valence electrons. The van der Waals surface area contributed by atoms with Gasteiger partial charge in [-0.15, -0.1) is 0 Å². The predicted octanol–water partition coefficient (Wildman–Crippen LogP) is 1.93. The molecule has 9 nitrogen and oxygen atoms in total. The van der Waals surface area contributed by atoms with Gasteiger partial charge in [-0.2, -0.15) is 0 Å². The monoisotopic (exact) mass is 367 g/mol. The number of furan rings is 1. The zero-order valence-corrected chi connectivity index (χ0v) is 14.6. The molecule has 0 fully saturated rings. The normalized spacial score (nSPS) is 12.8. The van der Waals surface area contributed by atoms with E-state index in [1.165, 1.54) is 32.3 Å². The molecule has 0 aliphatic heterocycles. The Hall–Kier alpha value is -2.72. The molecule has 1 N–H and O–H groups in total. The predicted molar refractivity (Wildman–Crippen MR) is 88.6 cm³/mol. The van der Waals surface area contributed by atoms with E-state index < -0.39 is 32.8 Å². The summed E-state index contributed by atoms with van der Waals surface area (Å²) < 4.78 is 30.0. The van der Waals surface area contributed by atoms with E-state index in [1.54, 1.807) is 19.1 Å². The Kier molecular flexibility index (Phi) is 5.24. The van der Waals surface area contributed by atoms with Crippen LogP contribution in [0.3, 0.4) is 0 Å². The molecule has 0 saturated heterocycles. The minimum absolute atomic E-state index is 0.140. The van der Waals surface area contributed by atoms with Crippen LogP contribution in [-0.4, -0.2) is 37.6 Å². The average Bonchev–Trinajstić information content (AvgIpc) is 3.05. The minimum atomic E-state index is -3.52. The van der Waals surface area contributed by atoms with Gasteiger partial charge in [-0.1, -0.05) is 12.1 Å². The van der Waals surface area contributed by atoms with Crippen molar-refractivity contribution in [2.45, 2.75) is 17.9 Å². The van der Waals surface area contributed by atoms with Crippen molar-refractivity contribution >= 4 is 21.8 Å². The number of rotatable bonds is 6. The summed E-state index contributed by atoms with van der Waals surface area (Å²) in [6.07, 6.45) is 0. The molecule has 0 aliphatic rings. The molecule has 0 spiro atoms. The molecule has 2 aromatic rings. The van der Waals surface area contributed by atoms with Gasteiger partial charge in [0.1, 0.15) is 4.92 Å². The number of nitrogens with one attached hydrogen (secondary N) is 1. The molecule has 1 atom stereocenters. The fourth-order valence-corrected chi connectivity index (χ4v) is 2.94. The maximum atomic E-state index is 12.0. The first-order valence-corrected chi connectivity index (χ1v) is 8.64. The highest BCUT2D eigenvalue weighted by Gasteiger charge is 2.20. The summed E-state index contributed by atoms with van der Waals surface area (Å²) >= 11 is 0. The summed E-state index contributed by atoms with van der Waals surface area (Å²) in [7, 11) is -0.645. The third-order valence-electron chi connectivity index (χ3n) is 3.50. The highest BCUT2D eigenvalue weighted by Crippen LogP contribution is 2.20. The molecule has 0 bridgehead atoms.